The molecule has 1 aliphatic rings. The molecule has 0 amide bonds. The highest BCUT2D eigenvalue weighted by Crippen LogP contribution is 2.47. The van der Waals surface area contributed by atoms with Crippen LogP contribution in [0.2, 0.25) is 0 Å². The first-order valence-electron chi connectivity index (χ1n) is 8.73. The van der Waals surface area contributed by atoms with Gasteiger partial charge in [-0.1, -0.05) is 64.6 Å². The van der Waals surface area contributed by atoms with Gasteiger partial charge in [-0.2, -0.15) is 0 Å². The Morgan fingerprint density at radius 1 is 0.917 bits per heavy atom. The summed E-state index contributed by atoms with van der Waals surface area (Å²) < 4.78 is 1.26. The molecule has 1 aliphatic carbocycles. The van der Waals surface area contributed by atoms with Crippen molar-refractivity contribution < 1.29 is 0 Å². The highest BCUT2D eigenvalue weighted by Gasteiger charge is 2.37. The van der Waals surface area contributed by atoms with Crippen LogP contribution in [-0.2, 0) is 10.8 Å². The second kappa shape index (κ2) is 6.01. The zero-order valence-electron chi connectivity index (χ0n) is 15.5. The summed E-state index contributed by atoms with van der Waals surface area (Å²) in [5, 5.41) is 0. The lowest BCUT2D eigenvalue weighted by atomic mass is 9.62. The zero-order valence-corrected chi connectivity index (χ0v) is 17.6. The molecule has 0 fully saturated rings. The molecule has 0 aliphatic heterocycles. The average molecular weight is 430 g/mol. The Balaban J connectivity index is 2.19. The summed E-state index contributed by atoms with van der Waals surface area (Å²) in [4.78, 5) is 0. The third-order valence-electron chi connectivity index (χ3n) is 5.72. The van der Waals surface area contributed by atoms with E-state index in [1.807, 2.05) is 0 Å². The van der Waals surface area contributed by atoms with E-state index in [1.54, 1.807) is 0 Å². The molecule has 0 bridgehead atoms. The summed E-state index contributed by atoms with van der Waals surface area (Å²) in [6.45, 7) is 16.2. The topological polar surface area (TPSA) is 0 Å². The van der Waals surface area contributed by atoms with E-state index in [-0.39, 0.29) is 10.8 Å². The van der Waals surface area contributed by atoms with Crippen molar-refractivity contribution in [2.24, 2.45) is 0 Å². The van der Waals surface area contributed by atoms with Gasteiger partial charge in [-0.05, 0) is 92.6 Å². The second-order valence-electron chi connectivity index (χ2n) is 8.44. The van der Waals surface area contributed by atoms with Gasteiger partial charge >= 0.3 is 0 Å². The maximum absolute atomic E-state index is 4.45. The third-order valence-corrected chi connectivity index (χ3v) is 6.66. The van der Waals surface area contributed by atoms with Crippen LogP contribution in [0.5, 0.6) is 0 Å². The third kappa shape index (κ3) is 2.96. The fraction of sp³-hybridized carbons (Fsp3) is 0.391. The van der Waals surface area contributed by atoms with Crippen molar-refractivity contribution >= 4 is 28.2 Å². The number of rotatable bonds is 2. The molecule has 0 aromatic heterocycles. The number of aryl methyl sites for hydroxylation is 1. The van der Waals surface area contributed by atoms with E-state index in [0.29, 0.717) is 0 Å². The summed E-state index contributed by atoms with van der Waals surface area (Å²) in [7, 11) is 0. The molecule has 0 N–H and O–H groups in total. The van der Waals surface area contributed by atoms with E-state index in [0.717, 1.165) is 5.57 Å². The van der Waals surface area contributed by atoms with E-state index in [2.05, 4.69) is 100 Å². The maximum Gasteiger partial charge on any atom is 0.0208 e. The van der Waals surface area contributed by atoms with Crippen molar-refractivity contribution in [3.8, 4) is 0 Å². The van der Waals surface area contributed by atoms with E-state index < -0.39 is 0 Å². The molecular formula is C23H27I. The fourth-order valence-corrected chi connectivity index (χ4v) is 4.61. The van der Waals surface area contributed by atoms with Gasteiger partial charge in [-0.25, -0.2) is 0 Å². The zero-order chi connectivity index (χ0) is 17.7. The standard InChI is InChI=1S/C23H27I/c1-15-13-19-20(23(5,6)12-11-22(19,3)4)14-18(15)16(2)17-9-7-8-10-21(17)24/h7-10,13-14H,2,11-12H2,1,3-6H3. The smallest absolute Gasteiger partial charge is 0.0208 e. The van der Waals surface area contributed by atoms with E-state index in [1.165, 1.54) is 44.2 Å². The van der Waals surface area contributed by atoms with Gasteiger partial charge in [0.1, 0.15) is 0 Å². The lowest BCUT2D eigenvalue weighted by molar-refractivity contribution is 0.331. The lowest BCUT2D eigenvalue weighted by Gasteiger charge is -2.42. The summed E-state index contributed by atoms with van der Waals surface area (Å²) >= 11 is 2.41. The van der Waals surface area contributed by atoms with Crippen LogP contribution in [0.1, 0.15) is 68.4 Å². The molecule has 0 heterocycles. The van der Waals surface area contributed by atoms with Crippen LogP contribution in [0.25, 0.3) is 5.57 Å². The minimum Gasteiger partial charge on any atom is -0.0905 e. The van der Waals surface area contributed by atoms with Crippen LogP contribution in [0.4, 0.5) is 0 Å². The van der Waals surface area contributed by atoms with Crippen molar-refractivity contribution in [3.05, 3.63) is 74.4 Å². The minimum atomic E-state index is 0.234. The molecule has 0 atom stereocenters. The van der Waals surface area contributed by atoms with Crippen molar-refractivity contribution in [1.29, 1.82) is 0 Å². The number of halogens is 1. The first-order valence-corrected chi connectivity index (χ1v) is 9.81. The van der Waals surface area contributed by atoms with E-state index in [4.69, 9.17) is 0 Å². The number of fused-ring (bicyclic) bond motifs is 1. The fourth-order valence-electron chi connectivity index (χ4n) is 3.90. The first kappa shape index (κ1) is 17.7. The molecule has 0 radical (unpaired) electrons. The van der Waals surface area contributed by atoms with Gasteiger partial charge in [0, 0.05) is 3.57 Å². The Kier molecular flexibility index (Phi) is 4.44. The highest BCUT2D eigenvalue weighted by atomic mass is 127. The Morgan fingerprint density at radius 3 is 2.04 bits per heavy atom. The van der Waals surface area contributed by atoms with Crippen LogP contribution < -0.4 is 0 Å². The predicted octanol–water partition coefficient (Wildman–Crippen LogP) is 7.01. The molecule has 0 saturated heterocycles. The Labute approximate surface area is 160 Å². The Bertz CT molecular complexity index is 809. The van der Waals surface area contributed by atoms with Gasteiger partial charge in [0.15, 0.2) is 0 Å². The molecule has 1 heteroatoms. The van der Waals surface area contributed by atoms with Gasteiger partial charge in [0.2, 0.25) is 0 Å². The molecular weight excluding hydrogens is 403 g/mol. The Morgan fingerprint density at radius 2 is 1.46 bits per heavy atom. The van der Waals surface area contributed by atoms with Gasteiger partial charge < -0.3 is 0 Å². The van der Waals surface area contributed by atoms with Gasteiger partial charge in [-0.3, -0.25) is 0 Å². The monoisotopic (exact) mass is 430 g/mol. The van der Waals surface area contributed by atoms with Crippen molar-refractivity contribution in [1.82, 2.24) is 0 Å². The molecule has 0 saturated carbocycles. The summed E-state index contributed by atoms with van der Waals surface area (Å²) in [6.07, 6.45) is 2.49. The normalized spacial score (nSPS) is 18.1. The van der Waals surface area contributed by atoms with Crippen molar-refractivity contribution in [2.45, 2.75) is 58.3 Å². The molecule has 0 unspecified atom stereocenters. The average Bonchev–Trinajstić information content (AvgIpc) is 2.51. The molecule has 126 valence electrons. The highest BCUT2D eigenvalue weighted by molar-refractivity contribution is 14.1. The van der Waals surface area contributed by atoms with E-state index >= 15 is 0 Å². The van der Waals surface area contributed by atoms with Gasteiger partial charge in [0.25, 0.3) is 0 Å². The maximum atomic E-state index is 4.45. The predicted molar refractivity (Wildman–Crippen MR) is 114 cm³/mol. The minimum absolute atomic E-state index is 0.234. The van der Waals surface area contributed by atoms with Crippen molar-refractivity contribution in [2.75, 3.05) is 0 Å². The largest absolute Gasteiger partial charge is 0.0905 e. The van der Waals surface area contributed by atoms with Crippen LogP contribution in [0.3, 0.4) is 0 Å². The quantitative estimate of drug-likeness (QED) is 0.450. The number of hydrogen-bond donors (Lipinski definition) is 0. The van der Waals surface area contributed by atoms with Crippen LogP contribution >= 0.6 is 22.6 Å². The number of benzene rings is 2. The molecule has 2 aromatic carbocycles. The van der Waals surface area contributed by atoms with Crippen LogP contribution in [0.15, 0.2) is 43.0 Å². The SMILES string of the molecule is C=C(c1cc2c(cc1C)C(C)(C)CCC2(C)C)c1ccccc1I. The lowest BCUT2D eigenvalue weighted by Crippen LogP contribution is -2.34. The Hall–Kier alpha value is -1.09. The molecule has 0 nitrogen and oxygen atoms in total. The molecule has 24 heavy (non-hydrogen) atoms. The second-order valence-corrected chi connectivity index (χ2v) is 9.60. The van der Waals surface area contributed by atoms with Gasteiger partial charge in [-0.15, -0.1) is 0 Å². The van der Waals surface area contributed by atoms with Gasteiger partial charge in [0.05, 0.1) is 0 Å². The van der Waals surface area contributed by atoms with Crippen LogP contribution in [0, 0.1) is 10.5 Å². The van der Waals surface area contributed by atoms with Crippen LogP contribution in [-0.4, -0.2) is 0 Å². The van der Waals surface area contributed by atoms with Crippen molar-refractivity contribution in [3.63, 3.8) is 0 Å². The summed E-state index contributed by atoms with van der Waals surface area (Å²) in [5.41, 5.74) is 8.54. The molecule has 0 spiro atoms. The first-order chi connectivity index (χ1) is 11.1. The number of hydrogen-bond acceptors (Lipinski definition) is 0. The summed E-state index contributed by atoms with van der Waals surface area (Å²) in [6, 6.07) is 13.4. The summed E-state index contributed by atoms with van der Waals surface area (Å²) in [5.74, 6) is 0. The molecule has 2 aromatic rings. The van der Waals surface area contributed by atoms with E-state index in [9.17, 15) is 0 Å². The molecule has 3 rings (SSSR count).